The van der Waals surface area contributed by atoms with Gasteiger partial charge in [-0.1, -0.05) is 432 Å². The molecule has 19 rings (SSSR count). The summed E-state index contributed by atoms with van der Waals surface area (Å²) in [6, 6.07) is 146. The number of aromatic nitrogens is 2. The maximum absolute atomic E-state index is 8.64. The summed E-state index contributed by atoms with van der Waals surface area (Å²) in [5.74, 6) is 0. The van der Waals surface area contributed by atoms with Gasteiger partial charge in [0.25, 0.3) is 6.47 Å². The third-order valence-electron chi connectivity index (χ3n) is 20.6. The Morgan fingerprint density at radius 3 is 0.843 bits per heavy atom. The van der Waals surface area contributed by atoms with E-state index in [1.165, 1.54) is 90.9 Å². The quantitative estimate of drug-likeness (QED) is 0.0326. The van der Waals surface area contributed by atoms with Crippen LogP contribution in [0.1, 0.15) is 53.4 Å². The Labute approximate surface area is 872 Å². The molecule has 1 fully saturated rings. The van der Waals surface area contributed by atoms with E-state index in [1.807, 2.05) is 37.5 Å². The zero-order chi connectivity index (χ0) is 86.4. The summed E-state index contributed by atoms with van der Waals surface area (Å²) in [5.41, 5.74) is 4.16. The van der Waals surface area contributed by atoms with Crippen LogP contribution >= 0.6 is 63.5 Å². The molecule has 634 valence electrons. The van der Waals surface area contributed by atoms with Crippen LogP contribution in [0.4, 0.5) is 0 Å². The Balaban J connectivity index is 0.000000183. The minimum Gasteiger partial charge on any atom is -1.00 e. The van der Waals surface area contributed by atoms with Gasteiger partial charge in [0.1, 0.15) is 0 Å². The molecular formula is C108H101BBr2K2N2O7P4Pd. The zero-order valence-corrected chi connectivity index (χ0v) is 87.1. The molecule has 0 spiro atoms. The molecule has 2 aromatic heterocycles. The van der Waals surface area contributed by atoms with Crippen LogP contribution in [0, 0.1) is 6.92 Å². The summed E-state index contributed by atoms with van der Waals surface area (Å²) >= 11 is 7.02. The first-order valence-corrected chi connectivity index (χ1v) is 48.2. The first-order valence-electron chi connectivity index (χ1n) is 41.2. The van der Waals surface area contributed by atoms with Gasteiger partial charge in [-0.05, 0) is 189 Å². The average Bonchev–Trinajstić information content (AvgIpc) is 1.62. The van der Waals surface area contributed by atoms with Crippen molar-refractivity contribution in [1.29, 1.82) is 0 Å². The summed E-state index contributed by atoms with van der Waals surface area (Å²) in [4.78, 5) is 20.0. The van der Waals surface area contributed by atoms with E-state index in [4.69, 9.17) is 28.8 Å². The fourth-order valence-corrected chi connectivity index (χ4v) is 24.0. The van der Waals surface area contributed by atoms with E-state index in [9.17, 15) is 0 Å². The number of fused-ring (bicyclic) bond motifs is 2. The van der Waals surface area contributed by atoms with E-state index >= 15 is 0 Å². The third-order valence-corrected chi connectivity index (χ3v) is 31.8. The van der Waals surface area contributed by atoms with E-state index < -0.39 is 31.7 Å². The Morgan fingerprint density at radius 2 is 0.606 bits per heavy atom. The molecule has 0 N–H and O–H groups in total. The van der Waals surface area contributed by atoms with Gasteiger partial charge in [-0.25, -0.2) is 0 Å². The number of aryl methyl sites for hydroxylation is 1. The van der Waals surface area contributed by atoms with Crippen molar-refractivity contribution in [2.75, 3.05) is 26.4 Å². The van der Waals surface area contributed by atoms with E-state index in [0.717, 1.165) is 51.8 Å². The molecule has 16 aromatic rings. The minimum atomic E-state index is -0.446. The molecule has 0 bridgehead atoms. The van der Waals surface area contributed by atoms with Gasteiger partial charge in [-0.15, -0.1) is 0 Å². The number of hydrogen-bond acceptors (Lipinski definition) is 9. The van der Waals surface area contributed by atoms with Crippen LogP contribution in [0.5, 0.6) is 0 Å². The van der Waals surface area contributed by atoms with Gasteiger partial charge in [0.15, 0.2) is 0 Å². The maximum Gasteiger partial charge on any atom is 1.00 e. The fraction of sp³-hybridized carbons (Fsp3) is 0.120. The Bertz CT molecular complexity index is 5050. The normalized spacial score (nSPS) is 13.1. The predicted molar refractivity (Wildman–Crippen MR) is 535 cm³/mol. The second-order valence-electron chi connectivity index (χ2n) is 29.6. The Hall–Kier alpha value is -6.67. The van der Waals surface area contributed by atoms with Crippen molar-refractivity contribution in [2.45, 2.75) is 58.7 Å². The first-order chi connectivity index (χ1) is 60.7. The number of carbonyl (C=O) groups is 1. The van der Waals surface area contributed by atoms with Crippen molar-refractivity contribution in [3.63, 3.8) is 0 Å². The van der Waals surface area contributed by atoms with Crippen LogP contribution < -0.4 is 172 Å². The van der Waals surface area contributed by atoms with Gasteiger partial charge in [0.05, 0.1) is 43.3 Å². The molecule has 0 radical (unpaired) electrons. The molecule has 9 nitrogen and oxygen atoms in total. The van der Waals surface area contributed by atoms with Crippen molar-refractivity contribution in [3.8, 4) is 0 Å². The van der Waals surface area contributed by atoms with Crippen LogP contribution in [0.25, 0.3) is 27.1 Å². The zero-order valence-electron chi connectivity index (χ0n) is 73.6. The van der Waals surface area contributed by atoms with Crippen LogP contribution in [0.3, 0.4) is 0 Å². The van der Waals surface area contributed by atoms with Crippen molar-refractivity contribution in [3.05, 3.63) is 463 Å². The minimum absolute atomic E-state index is 0. The van der Waals surface area contributed by atoms with Gasteiger partial charge >= 0.3 is 110 Å². The molecule has 19 heteroatoms. The molecule has 1 saturated heterocycles. The summed E-state index contributed by atoms with van der Waals surface area (Å²) in [7, 11) is -1.97. The Kier molecular flexibility index (Phi) is 46.1. The summed E-state index contributed by atoms with van der Waals surface area (Å²) in [6.45, 7) is 13.1. The molecule has 0 atom stereocenters. The first kappa shape index (κ1) is 104. The van der Waals surface area contributed by atoms with E-state index in [1.54, 1.807) is 0 Å². The topological polar surface area (TPSA) is 112 Å². The third kappa shape index (κ3) is 31.8. The van der Waals surface area contributed by atoms with Gasteiger partial charge in [-0.2, -0.15) is 0 Å². The van der Waals surface area contributed by atoms with Crippen LogP contribution in [-0.4, -0.2) is 61.2 Å². The number of pyridine rings is 2. The monoisotopic (exact) mass is 2010 g/mol. The molecule has 0 saturated carbocycles. The number of nitrogens with zero attached hydrogens (tertiary/aromatic N) is 2. The summed E-state index contributed by atoms with van der Waals surface area (Å²) < 4.78 is 24.7. The van der Waals surface area contributed by atoms with Crippen LogP contribution in [0.15, 0.2) is 451 Å². The van der Waals surface area contributed by atoms with Gasteiger partial charge in [0.2, 0.25) is 0 Å². The number of benzene rings is 14. The molecular weight excluding hydrogens is 1920 g/mol. The van der Waals surface area contributed by atoms with Crippen LogP contribution in [0.2, 0.25) is 0 Å². The van der Waals surface area contributed by atoms with Gasteiger partial charge < -0.3 is 30.4 Å². The number of rotatable bonds is 15. The second kappa shape index (κ2) is 56.3. The molecule has 3 aliphatic heterocycles. The predicted octanol–water partition coefficient (Wildman–Crippen LogP) is 15.4. The molecule has 5 heterocycles. The summed E-state index contributed by atoms with van der Waals surface area (Å²) in [6.07, 6.45) is 9.89. The van der Waals surface area contributed by atoms with E-state index in [0.29, 0.717) is 13.2 Å². The van der Waals surface area contributed by atoms with Crippen LogP contribution in [-0.2, 0) is 48.9 Å². The van der Waals surface area contributed by atoms with E-state index in [-0.39, 0.29) is 149 Å². The smallest absolute Gasteiger partial charge is 1.00 e. The van der Waals surface area contributed by atoms with Crippen molar-refractivity contribution >= 4 is 168 Å². The van der Waals surface area contributed by atoms with Gasteiger partial charge in [-0.3, -0.25) is 14.8 Å². The second-order valence-corrected chi connectivity index (χ2v) is 40.2. The molecule has 0 amide bonds. The molecule has 0 unspecified atom stereocenters. The number of hydrogen-bond donors (Lipinski definition) is 0. The number of carbonyl (C=O) groups excluding carboxylic acids is 1. The Morgan fingerprint density at radius 1 is 0.362 bits per heavy atom. The van der Waals surface area contributed by atoms with Crippen molar-refractivity contribution < 1.29 is 158 Å². The SMILES string of the molecule is Brc1cccc2cc(C3=CCOCC3)ncc12.CC1(C)OB(C2=CCOCC2)OC1(C)C.Cc1cc2cccc(Br)c2cn1.O=CO[O-].[H-].[K+].[K+].[Pd].c1ccc(P(c2ccccc2)c2ccccc2)cc1.c1ccc(P(c2ccccc2)c2ccccc2)cc1.c1ccc(P(c2ccccc2)c2ccccc2)cc1.c1ccc(P(c2ccccc2)c2ccccc2)cc1. The molecule has 3 aliphatic rings. The summed E-state index contributed by atoms with van der Waals surface area (Å²) in [5, 5.41) is 30.0. The maximum atomic E-state index is 8.64. The van der Waals surface area contributed by atoms with Crippen molar-refractivity contribution in [2.24, 2.45) is 0 Å². The number of ether oxygens (including phenoxy) is 2. The van der Waals surface area contributed by atoms with Crippen molar-refractivity contribution in [1.82, 2.24) is 9.97 Å². The standard InChI is InChI=1S/4C18H15P.C14H12BrNO.C11H19BO3.C10H8BrN.CH2O3.2K.Pd.H/c4*1-4-10-16(11-5-1)19(17-12-6-2-7-13-17)18-14-8-3-9-15-18;15-13-3-1-2-11-8-14(16-9-12(11)13)10-4-6-17-7-5-10;1-10(2)11(3,4)15-12(14-10)9-5-7-13-8-6-9;1-7-5-8-3-2-4-10(11)9(8)6-12-7;2-1-4-3;;;;/h4*1-15H;1-4,8-9H,5-7H2;5H,6-8H2,1-4H3;2-6H,1H3;1,3H;;;;/q;;;;;;;;2*+1;;-1/p-1. The number of halogens is 2. The fourth-order valence-electron chi connectivity index (χ4n) is 13.8. The van der Waals surface area contributed by atoms with E-state index in [2.05, 4.69) is 481 Å². The average molecular weight is 2020 g/mol. The van der Waals surface area contributed by atoms with Gasteiger partial charge in [0, 0.05) is 58.2 Å². The molecule has 0 aliphatic carbocycles. The molecule has 14 aromatic carbocycles. The largest absolute Gasteiger partial charge is 1.00 e. The molecule has 127 heavy (non-hydrogen) atoms.